The molecule has 0 radical (unpaired) electrons. The molecule has 0 bridgehead atoms. The first kappa shape index (κ1) is 22.3. The fourth-order valence-corrected chi connectivity index (χ4v) is 4.30. The van der Waals surface area contributed by atoms with Crippen molar-refractivity contribution in [3.63, 3.8) is 0 Å². The summed E-state index contributed by atoms with van der Waals surface area (Å²) in [6.45, 7) is 2.34. The van der Waals surface area contributed by atoms with Crippen molar-refractivity contribution in [3.8, 4) is 0 Å². The van der Waals surface area contributed by atoms with Gasteiger partial charge in [-0.05, 0) is 30.2 Å². The molecule has 5 rings (SSSR count). The number of aryl methyl sites for hydroxylation is 2. The van der Waals surface area contributed by atoms with E-state index in [0.29, 0.717) is 18.8 Å². The lowest BCUT2D eigenvalue weighted by atomic mass is 10.1. The minimum Gasteiger partial charge on any atom is -0.338 e. The number of nitrogens with zero attached hydrogens (tertiary/aromatic N) is 4. The molecule has 3 heterocycles. The lowest BCUT2D eigenvalue weighted by Crippen LogP contribution is -2.33. The van der Waals surface area contributed by atoms with Gasteiger partial charge in [0.25, 0.3) is 11.5 Å². The molecular weight excluding hydrogens is 444 g/mol. The Kier molecular flexibility index (Phi) is 5.74. The third-order valence-corrected chi connectivity index (χ3v) is 6.03. The number of rotatable bonds is 6. The Morgan fingerprint density at radius 1 is 1.09 bits per heavy atom. The number of aromatic amines is 1. The predicted octanol–water partition coefficient (Wildman–Crippen LogP) is 2.90. The molecule has 35 heavy (non-hydrogen) atoms. The Bertz CT molecular complexity index is 1670. The third kappa shape index (κ3) is 4.01. The number of carbonyl (C=O) groups is 1. The van der Waals surface area contributed by atoms with Gasteiger partial charge in [-0.1, -0.05) is 49.4 Å². The first-order valence-corrected chi connectivity index (χ1v) is 11.4. The van der Waals surface area contributed by atoms with Crippen LogP contribution >= 0.6 is 0 Å². The van der Waals surface area contributed by atoms with E-state index >= 15 is 0 Å². The van der Waals surface area contributed by atoms with E-state index in [1.165, 1.54) is 16.8 Å². The summed E-state index contributed by atoms with van der Waals surface area (Å²) >= 11 is 0. The number of hydrogen-bond acceptors (Lipinski definition) is 5. The molecule has 0 aliphatic heterocycles. The molecule has 1 atom stereocenters. The van der Waals surface area contributed by atoms with Crippen LogP contribution in [0.15, 0.2) is 76.4 Å². The van der Waals surface area contributed by atoms with Crippen LogP contribution in [0.4, 0.5) is 0 Å². The molecule has 0 fully saturated rings. The number of hydrogen-bond donors (Lipinski definition) is 2. The van der Waals surface area contributed by atoms with Crippen LogP contribution in [0.1, 0.15) is 41.1 Å². The highest BCUT2D eigenvalue weighted by atomic mass is 16.2. The Morgan fingerprint density at radius 2 is 1.83 bits per heavy atom. The van der Waals surface area contributed by atoms with Crippen molar-refractivity contribution in [2.45, 2.75) is 25.9 Å². The largest absolute Gasteiger partial charge is 0.338 e. The van der Waals surface area contributed by atoms with E-state index in [1.807, 2.05) is 73.1 Å². The van der Waals surface area contributed by atoms with Gasteiger partial charge in [0.2, 0.25) is 0 Å². The SMILES string of the molecule is CCCn1c(=O)[nH]c(=O)c2cc(C(=O)NC(c3ccccc3)c3nc4ccccc4n3C)cnc21. The fourth-order valence-electron chi connectivity index (χ4n) is 4.30. The first-order valence-electron chi connectivity index (χ1n) is 11.4. The zero-order valence-electron chi connectivity index (χ0n) is 19.4. The first-order chi connectivity index (χ1) is 17.0. The Morgan fingerprint density at radius 3 is 2.57 bits per heavy atom. The quantitative estimate of drug-likeness (QED) is 0.398. The van der Waals surface area contributed by atoms with Crippen LogP contribution in [0, 0.1) is 0 Å². The number of fused-ring (bicyclic) bond motifs is 2. The highest BCUT2D eigenvalue weighted by Crippen LogP contribution is 2.25. The average molecular weight is 469 g/mol. The van der Waals surface area contributed by atoms with Crippen molar-refractivity contribution in [1.29, 1.82) is 0 Å². The van der Waals surface area contributed by atoms with E-state index in [1.54, 1.807) is 0 Å². The summed E-state index contributed by atoms with van der Waals surface area (Å²) in [5.41, 5.74) is 2.02. The van der Waals surface area contributed by atoms with Crippen LogP contribution in [0.5, 0.6) is 0 Å². The van der Waals surface area contributed by atoms with Gasteiger partial charge in [0, 0.05) is 19.8 Å². The molecule has 0 saturated heterocycles. The molecule has 3 aromatic heterocycles. The molecule has 0 aliphatic carbocycles. The maximum absolute atomic E-state index is 13.4. The molecule has 1 unspecified atom stereocenters. The lowest BCUT2D eigenvalue weighted by Gasteiger charge is -2.19. The van der Waals surface area contributed by atoms with Gasteiger partial charge in [0.05, 0.1) is 22.0 Å². The number of amides is 1. The van der Waals surface area contributed by atoms with E-state index in [4.69, 9.17) is 4.98 Å². The second-order valence-corrected chi connectivity index (χ2v) is 8.34. The summed E-state index contributed by atoms with van der Waals surface area (Å²) in [5, 5.41) is 3.24. The molecular formula is C26H24N6O3. The fraction of sp³-hybridized carbons (Fsp3) is 0.192. The standard InChI is InChI=1S/C26H24N6O3/c1-3-13-32-22-18(25(34)30-26(32)35)14-17(15-27-22)24(33)29-21(16-9-5-4-6-10-16)23-28-19-11-7-8-12-20(19)31(23)2/h4-12,14-15,21H,3,13H2,1-2H3,(H,29,33)(H,30,34,35). The van der Waals surface area contributed by atoms with Gasteiger partial charge >= 0.3 is 5.69 Å². The maximum atomic E-state index is 13.4. The highest BCUT2D eigenvalue weighted by Gasteiger charge is 2.24. The van der Waals surface area contributed by atoms with Crippen LogP contribution < -0.4 is 16.6 Å². The van der Waals surface area contributed by atoms with Crippen LogP contribution in [0.25, 0.3) is 22.1 Å². The number of para-hydroxylation sites is 2. The normalized spacial score (nSPS) is 12.2. The zero-order valence-corrected chi connectivity index (χ0v) is 19.4. The number of imidazole rings is 1. The zero-order chi connectivity index (χ0) is 24.5. The van der Waals surface area contributed by atoms with Crippen molar-refractivity contribution in [2.24, 2.45) is 7.05 Å². The number of benzene rings is 2. The van der Waals surface area contributed by atoms with Gasteiger partial charge in [-0.2, -0.15) is 0 Å². The Balaban J connectivity index is 1.57. The van der Waals surface area contributed by atoms with E-state index in [0.717, 1.165) is 16.6 Å². The number of pyridine rings is 1. The molecule has 9 nitrogen and oxygen atoms in total. The number of aromatic nitrogens is 5. The topological polar surface area (TPSA) is 115 Å². The minimum atomic E-state index is -0.575. The second-order valence-electron chi connectivity index (χ2n) is 8.34. The number of nitrogens with one attached hydrogen (secondary N) is 2. The van der Waals surface area contributed by atoms with Gasteiger partial charge in [-0.25, -0.2) is 14.8 Å². The molecule has 0 saturated carbocycles. The number of H-pyrrole nitrogens is 1. The average Bonchev–Trinajstić information content (AvgIpc) is 3.21. The van der Waals surface area contributed by atoms with Crippen LogP contribution in [-0.4, -0.2) is 30.0 Å². The molecule has 2 N–H and O–H groups in total. The summed E-state index contributed by atoms with van der Waals surface area (Å²) in [6.07, 6.45) is 2.08. The van der Waals surface area contributed by atoms with Crippen molar-refractivity contribution in [3.05, 3.63) is 105 Å². The predicted molar refractivity (Wildman–Crippen MR) is 133 cm³/mol. The minimum absolute atomic E-state index is 0.185. The smallest absolute Gasteiger partial charge is 0.329 e. The van der Waals surface area contributed by atoms with E-state index in [2.05, 4.69) is 15.3 Å². The molecule has 0 aliphatic rings. The van der Waals surface area contributed by atoms with Crippen molar-refractivity contribution in [2.75, 3.05) is 0 Å². The van der Waals surface area contributed by atoms with Gasteiger partial charge in [-0.15, -0.1) is 0 Å². The molecule has 1 amide bonds. The molecule has 2 aromatic carbocycles. The molecule has 5 aromatic rings. The Labute approximate surface area is 200 Å². The molecule has 176 valence electrons. The van der Waals surface area contributed by atoms with Crippen LogP contribution in [0.2, 0.25) is 0 Å². The summed E-state index contributed by atoms with van der Waals surface area (Å²) in [4.78, 5) is 49.5. The van der Waals surface area contributed by atoms with Gasteiger partial charge in [0.1, 0.15) is 17.5 Å². The second kappa shape index (κ2) is 9.02. The van der Waals surface area contributed by atoms with Crippen LogP contribution in [-0.2, 0) is 13.6 Å². The lowest BCUT2D eigenvalue weighted by molar-refractivity contribution is 0.0941. The maximum Gasteiger partial charge on any atom is 0.329 e. The summed E-state index contributed by atoms with van der Waals surface area (Å²) < 4.78 is 3.37. The monoisotopic (exact) mass is 468 g/mol. The number of carbonyl (C=O) groups excluding carboxylic acids is 1. The highest BCUT2D eigenvalue weighted by molar-refractivity contribution is 5.97. The molecule has 9 heteroatoms. The summed E-state index contributed by atoms with van der Waals surface area (Å²) in [7, 11) is 1.91. The molecule has 0 spiro atoms. The van der Waals surface area contributed by atoms with E-state index in [-0.39, 0.29) is 16.6 Å². The van der Waals surface area contributed by atoms with Crippen LogP contribution in [0.3, 0.4) is 0 Å². The summed E-state index contributed by atoms with van der Waals surface area (Å²) in [6, 6.07) is 18.3. The third-order valence-electron chi connectivity index (χ3n) is 6.03. The van der Waals surface area contributed by atoms with Crippen molar-refractivity contribution < 1.29 is 4.79 Å². The van der Waals surface area contributed by atoms with Crippen molar-refractivity contribution >= 4 is 28.0 Å². The van der Waals surface area contributed by atoms with E-state index < -0.39 is 23.2 Å². The van der Waals surface area contributed by atoms with E-state index in [9.17, 15) is 14.4 Å². The Hall–Kier alpha value is -4.53. The summed E-state index contributed by atoms with van der Waals surface area (Å²) in [5.74, 6) is 0.266. The van der Waals surface area contributed by atoms with Gasteiger partial charge in [-0.3, -0.25) is 19.1 Å². The van der Waals surface area contributed by atoms with Gasteiger partial charge < -0.3 is 9.88 Å². The van der Waals surface area contributed by atoms with Crippen molar-refractivity contribution in [1.82, 2.24) is 29.4 Å². The van der Waals surface area contributed by atoms with Gasteiger partial charge in [0.15, 0.2) is 0 Å².